The van der Waals surface area contributed by atoms with E-state index in [0.717, 1.165) is 31.3 Å². The van der Waals surface area contributed by atoms with Gasteiger partial charge in [-0.3, -0.25) is 4.79 Å². The highest BCUT2D eigenvalue weighted by Crippen LogP contribution is 2.41. The normalized spacial score (nSPS) is 35.9. The first kappa shape index (κ1) is 13.2. The fourth-order valence-corrected chi connectivity index (χ4v) is 3.53. The summed E-state index contributed by atoms with van der Waals surface area (Å²) < 4.78 is 0. The SMILES string of the molecule is Cl.O=C(CC1CCCCC1)NC1C2CNCC21. The number of carbonyl (C=O) groups is 1. The van der Waals surface area contributed by atoms with Gasteiger partial charge >= 0.3 is 0 Å². The van der Waals surface area contributed by atoms with Gasteiger partial charge in [-0.2, -0.15) is 0 Å². The summed E-state index contributed by atoms with van der Waals surface area (Å²) in [7, 11) is 0. The van der Waals surface area contributed by atoms with E-state index in [2.05, 4.69) is 10.6 Å². The minimum absolute atomic E-state index is 0. The number of hydrogen-bond donors (Lipinski definition) is 2. The molecule has 2 unspecified atom stereocenters. The number of fused-ring (bicyclic) bond motifs is 1. The molecule has 1 aliphatic heterocycles. The summed E-state index contributed by atoms with van der Waals surface area (Å²) in [5, 5.41) is 6.58. The number of hydrogen-bond acceptors (Lipinski definition) is 2. The van der Waals surface area contributed by atoms with Crippen molar-refractivity contribution in [3.8, 4) is 0 Å². The molecule has 2 atom stereocenters. The number of nitrogens with one attached hydrogen (secondary N) is 2. The highest BCUT2D eigenvalue weighted by atomic mass is 35.5. The number of piperidine rings is 1. The van der Waals surface area contributed by atoms with Crippen molar-refractivity contribution in [2.75, 3.05) is 13.1 Å². The van der Waals surface area contributed by atoms with Crippen LogP contribution in [0.25, 0.3) is 0 Å². The van der Waals surface area contributed by atoms with Crippen LogP contribution in [-0.2, 0) is 4.79 Å². The molecule has 17 heavy (non-hydrogen) atoms. The van der Waals surface area contributed by atoms with Crippen LogP contribution in [0.3, 0.4) is 0 Å². The van der Waals surface area contributed by atoms with Crippen molar-refractivity contribution in [2.24, 2.45) is 17.8 Å². The first-order valence-corrected chi connectivity index (χ1v) is 6.84. The molecule has 3 aliphatic rings. The number of halogens is 1. The van der Waals surface area contributed by atoms with Crippen LogP contribution in [0.1, 0.15) is 38.5 Å². The lowest BCUT2D eigenvalue weighted by atomic mass is 9.87. The maximum absolute atomic E-state index is 11.9. The third-order valence-corrected chi connectivity index (χ3v) is 4.62. The lowest BCUT2D eigenvalue weighted by Gasteiger charge is -2.21. The third-order valence-electron chi connectivity index (χ3n) is 4.62. The summed E-state index contributed by atoms with van der Waals surface area (Å²) in [5.41, 5.74) is 0. The van der Waals surface area contributed by atoms with E-state index in [1.165, 1.54) is 32.1 Å². The summed E-state index contributed by atoms with van der Waals surface area (Å²) in [5.74, 6) is 2.47. The van der Waals surface area contributed by atoms with Gasteiger partial charge in [0.2, 0.25) is 5.91 Å². The second kappa shape index (κ2) is 5.57. The fraction of sp³-hybridized carbons (Fsp3) is 0.923. The molecule has 2 N–H and O–H groups in total. The molecule has 3 rings (SSSR count). The van der Waals surface area contributed by atoms with Gasteiger partial charge in [0, 0.05) is 25.6 Å². The standard InChI is InChI=1S/C13H22N2O.ClH/c16-12(6-9-4-2-1-3-5-9)15-13-10-7-14-8-11(10)13;/h9-11,13-14H,1-8H2,(H,15,16);1H. The van der Waals surface area contributed by atoms with Crippen LogP contribution in [0.2, 0.25) is 0 Å². The molecular formula is C13H23ClN2O. The number of rotatable bonds is 3. The van der Waals surface area contributed by atoms with Crippen molar-refractivity contribution in [2.45, 2.75) is 44.6 Å². The number of carbonyl (C=O) groups excluding carboxylic acids is 1. The van der Waals surface area contributed by atoms with Crippen LogP contribution in [-0.4, -0.2) is 25.0 Å². The molecule has 4 heteroatoms. The molecule has 98 valence electrons. The lowest BCUT2D eigenvalue weighted by molar-refractivity contribution is -0.122. The molecule has 0 aromatic rings. The molecule has 0 spiro atoms. The molecule has 0 aromatic carbocycles. The van der Waals surface area contributed by atoms with Crippen LogP contribution < -0.4 is 10.6 Å². The fourth-order valence-electron chi connectivity index (χ4n) is 3.53. The molecule has 1 heterocycles. The zero-order chi connectivity index (χ0) is 11.0. The predicted octanol–water partition coefficient (Wildman–Crippen LogP) is 1.71. The van der Waals surface area contributed by atoms with E-state index in [4.69, 9.17) is 0 Å². The highest BCUT2D eigenvalue weighted by Gasteiger charge is 2.53. The van der Waals surface area contributed by atoms with Crippen molar-refractivity contribution in [3.63, 3.8) is 0 Å². The second-order valence-corrected chi connectivity index (χ2v) is 5.79. The van der Waals surface area contributed by atoms with Gasteiger partial charge in [0.25, 0.3) is 0 Å². The van der Waals surface area contributed by atoms with Crippen LogP contribution in [0.5, 0.6) is 0 Å². The third kappa shape index (κ3) is 2.94. The van der Waals surface area contributed by atoms with E-state index in [9.17, 15) is 4.79 Å². The monoisotopic (exact) mass is 258 g/mol. The molecule has 1 amide bonds. The summed E-state index contributed by atoms with van der Waals surface area (Å²) in [6.45, 7) is 2.22. The summed E-state index contributed by atoms with van der Waals surface area (Å²) in [6, 6.07) is 0.511. The van der Waals surface area contributed by atoms with E-state index in [1.54, 1.807) is 0 Å². The largest absolute Gasteiger partial charge is 0.353 e. The van der Waals surface area contributed by atoms with Gasteiger partial charge in [-0.25, -0.2) is 0 Å². The molecule has 3 fully saturated rings. The maximum atomic E-state index is 11.9. The highest BCUT2D eigenvalue weighted by molar-refractivity contribution is 5.85. The Morgan fingerprint density at radius 2 is 1.76 bits per heavy atom. The van der Waals surface area contributed by atoms with Crippen LogP contribution >= 0.6 is 12.4 Å². The predicted molar refractivity (Wildman–Crippen MR) is 70.2 cm³/mol. The molecule has 1 saturated heterocycles. The maximum Gasteiger partial charge on any atom is 0.220 e. The Morgan fingerprint density at radius 1 is 1.12 bits per heavy atom. The zero-order valence-corrected chi connectivity index (χ0v) is 11.1. The Morgan fingerprint density at radius 3 is 2.41 bits per heavy atom. The van der Waals surface area contributed by atoms with Gasteiger partial charge < -0.3 is 10.6 Å². The van der Waals surface area contributed by atoms with Gasteiger partial charge in [-0.05, 0) is 30.6 Å². The quantitative estimate of drug-likeness (QED) is 0.809. The average molecular weight is 259 g/mol. The van der Waals surface area contributed by atoms with Crippen molar-refractivity contribution in [1.29, 1.82) is 0 Å². The summed E-state index contributed by atoms with van der Waals surface area (Å²) in [6.07, 6.45) is 7.35. The minimum atomic E-state index is 0. The van der Waals surface area contributed by atoms with Crippen molar-refractivity contribution >= 4 is 18.3 Å². The van der Waals surface area contributed by atoms with Crippen LogP contribution in [0.15, 0.2) is 0 Å². The molecule has 3 nitrogen and oxygen atoms in total. The molecule has 2 saturated carbocycles. The Bertz CT molecular complexity index is 263. The Kier molecular flexibility index (Phi) is 4.31. The van der Waals surface area contributed by atoms with Crippen molar-refractivity contribution in [3.05, 3.63) is 0 Å². The Balaban J connectivity index is 0.00000108. The molecule has 2 aliphatic carbocycles. The van der Waals surface area contributed by atoms with Gasteiger partial charge in [0.05, 0.1) is 0 Å². The van der Waals surface area contributed by atoms with E-state index in [-0.39, 0.29) is 12.4 Å². The Hall–Kier alpha value is -0.280. The first-order valence-electron chi connectivity index (χ1n) is 6.84. The van der Waals surface area contributed by atoms with Crippen molar-refractivity contribution in [1.82, 2.24) is 10.6 Å². The molecular weight excluding hydrogens is 236 g/mol. The first-order chi connectivity index (χ1) is 7.84. The lowest BCUT2D eigenvalue weighted by Crippen LogP contribution is -2.33. The summed E-state index contributed by atoms with van der Waals surface area (Å²) in [4.78, 5) is 11.9. The van der Waals surface area contributed by atoms with E-state index >= 15 is 0 Å². The van der Waals surface area contributed by atoms with Gasteiger partial charge in [0.15, 0.2) is 0 Å². The zero-order valence-electron chi connectivity index (χ0n) is 10.3. The topological polar surface area (TPSA) is 41.1 Å². The van der Waals surface area contributed by atoms with E-state index in [0.29, 0.717) is 17.9 Å². The van der Waals surface area contributed by atoms with Gasteiger partial charge in [-0.1, -0.05) is 19.3 Å². The second-order valence-electron chi connectivity index (χ2n) is 5.79. The summed E-state index contributed by atoms with van der Waals surface area (Å²) >= 11 is 0. The molecule has 0 radical (unpaired) electrons. The average Bonchev–Trinajstić information content (AvgIpc) is 2.76. The van der Waals surface area contributed by atoms with Crippen LogP contribution in [0, 0.1) is 17.8 Å². The van der Waals surface area contributed by atoms with Gasteiger partial charge in [0.1, 0.15) is 0 Å². The number of amides is 1. The Labute approximate surface area is 110 Å². The van der Waals surface area contributed by atoms with Crippen LogP contribution in [0.4, 0.5) is 0 Å². The molecule has 0 bridgehead atoms. The van der Waals surface area contributed by atoms with Crippen molar-refractivity contribution < 1.29 is 4.79 Å². The van der Waals surface area contributed by atoms with E-state index < -0.39 is 0 Å². The smallest absolute Gasteiger partial charge is 0.220 e. The minimum Gasteiger partial charge on any atom is -0.353 e. The molecule has 0 aromatic heterocycles. The van der Waals surface area contributed by atoms with E-state index in [1.807, 2.05) is 0 Å². The van der Waals surface area contributed by atoms with Gasteiger partial charge in [-0.15, -0.1) is 12.4 Å².